The van der Waals surface area contributed by atoms with Crippen LogP contribution < -0.4 is 4.90 Å². The number of amides is 1. The van der Waals surface area contributed by atoms with Crippen LogP contribution >= 0.6 is 15.9 Å². The average Bonchev–Trinajstić information content (AvgIpc) is 2.54. The van der Waals surface area contributed by atoms with Crippen LogP contribution in [0, 0.1) is 5.92 Å². The highest BCUT2D eigenvalue weighted by molar-refractivity contribution is 9.10. The van der Waals surface area contributed by atoms with Crippen LogP contribution in [0.1, 0.15) is 52.0 Å². The molecule has 1 amide bonds. The summed E-state index contributed by atoms with van der Waals surface area (Å²) in [6.45, 7) is 8.18. The molecule has 0 unspecified atom stereocenters. The predicted molar refractivity (Wildman–Crippen MR) is 96.9 cm³/mol. The van der Waals surface area contributed by atoms with Crippen molar-refractivity contribution in [2.24, 2.45) is 5.92 Å². The van der Waals surface area contributed by atoms with Gasteiger partial charge < -0.3 is 9.64 Å². The van der Waals surface area contributed by atoms with Crippen molar-refractivity contribution in [2.75, 3.05) is 18.1 Å². The Labute approximate surface area is 147 Å². The van der Waals surface area contributed by atoms with E-state index in [0.29, 0.717) is 6.61 Å². The molecule has 126 valence electrons. The van der Waals surface area contributed by atoms with Crippen LogP contribution in [0.5, 0.6) is 0 Å². The lowest BCUT2D eigenvalue weighted by Gasteiger charge is -2.41. The molecule has 3 rings (SSSR count). The molecule has 23 heavy (non-hydrogen) atoms. The summed E-state index contributed by atoms with van der Waals surface area (Å²) in [5, 5.41) is 0. The minimum absolute atomic E-state index is 0.0988. The van der Waals surface area contributed by atoms with Gasteiger partial charge in [0.25, 0.3) is 0 Å². The van der Waals surface area contributed by atoms with Crippen molar-refractivity contribution in [1.29, 1.82) is 0 Å². The molecule has 1 saturated heterocycles. The molecule has 2 heterocycles. The van der Waals surface area contributed by atoms with E-state index < -0.39 is 0 Å². The number of hydrogen-bond donors (Lipinski definition) is 0. The van der Waals surface area contributed by atoms with Crippen LogP contribution in [0.2, 0.25) is 0 Å². The fourth-order valence-electron chi connectivity index (χ4n) is 3.79. The molecule has 0 aromatic heterocycles. The first-order valence-electron chi connectivity index (χ1n) is 8.65. The molecule has 4 heteroatoms. The van der Waals surface area contributed by atoms with E-state index in [-0.39, 0.29) is 23.3 Å². The molecule has 2 aliphatic rings. The number of anilines is 1. The lowest BCUT2D eigenvalue weighted by Crippen LogP contribution is -2.45. The van der Waals surface area contributed by atoms with Gasteiger partial charge >= 0.3 is 0 Å². The third kappa shape index (κ3) is 3.34. The largest absolute Gasteiger partial charge is 0.378 e. The van der Waals surface area contributed by atoms with E-state index >= 15 is 0 Å². The molecule has 1 aromatic carbocycles. The van der Waals surface area contributed by atoms with Crippen molar-refractivity contribution >= 4 is 27.5 Å². The normalized spacial score (nSPS) is 26.7. The summed E-state index contributed by atoms with van der Waals surface area (Å²) in [4.78, 5) is 15.2. The van der Waals surface area contributed by atoms with Crippen molar-refractivity contribution in [1.82, 2.24) is 0 Å². The van der Waals surface area contributed by atoms with E-state index in [4.69, 9.17) is 4.74 Å². The van der Waals surface area contributed by atoms with E-state index in [1.807, 2.05) is 4.90 Å². The van der Waals surface area contributed by atoms with Gasteiger partial charge in [-0.3, -0.25) is 4.79 Å². The molecular weight excluding hydrogens is 354 g/mol. The predicted octanol–water partition coefficient (Wildman–Crippen LogP) is 4.67. The standard InChI is InChI=1S/C19H26BrNO2/c1-4-15-11-13(7-10-23-15)18(22)21-9-8-19(2,3)16-6-5-14(20)12-17(16)21/h5-6,12-13,15H,4,7-11H2,1-3H3/t13-,15+/m0/s1. The Morgan fingerprint density at radius 1 is 1.43 bits per heavy atom. The topological polar surface area (TPSA) is 29.5 Å². The zero-order chi connectivity index (χ0) is 16.6. The number of fused-ring (bicyclic) bond motifs is 1. The van der Waals surface area contributed by atoms with Crippen molar-refractivity contribution in [2.45, 2.75) is 58.0 Å². The van der Waals surface area contributed by atoms with Crippen molar-refractivity contribution in [3.63, 3.8) is 0 Å². The van der Waals surface area contributed by atoms with Gasteiger partial charge in [0.15, 0.2) is 0 Å². The minimum Gasteiger partial charge on any atom is -0.378 e. The smallest absolute Gasteiger partial charge is 0.230 e. The second-order valence-electron chi connectivity index (χ2n) is 7.41. The number of halogens is 1. The Bertz CT molecular complexity index is 599. The molecule has 0 radical (unpaired) electrons. The van der Waals surface area contributed by atoms with Gasteiger partial charge in [-0.1, -0.05) is 42.8 Å². The van der Waals surface area contributed by atoms with Crippen LogP contribution in [0.3, 0.4) is 0 Å². The Morgan fingerprint density at radius 3 is 2.96 bits per heavy atom. The third-order valence-corrected chi connectivity index (χ3v) is 5.87. The third-order valence-electron chi connectivity index (χ3n) is 5.38. The first-order chi connectivity index (χ1) is 10.9. The van der Waals surface area contributed by atoms with Gasteiger partial charge in [-0.25, -0.2) is 0 Å². The summed E-state index contributed by atoms with van der Waals surface area (Å²) in [7, 11) is 0. The van der Waals surface area contributed by atoms with E-state index in [1.165, 1.54) is 5.56 Å². The molecule has 0 bridgehead atoms. The number of carbonyl (C=O) groups is 1. The summed E-state index contributed by atoms with van der Waals surface area (Å²) >= 11 is 3.56. The maximum atomic E-state index is 13.2. The summed E-state index contributed by atoms with van der Waals surface area (Å²) in [6.07, 6.45) is 3.94. The molecule has 0 N–H and O–H groups in total. The zero-order valence-corrected chi connectivity index (χ0v) is 15.9. The number of benzene rings is 1. The quantitative estimate of drug-likeness (QED) is 0.746. The first kappa shape index (κ1) is 17.0. The van der Waals surface area contributed by atoms with E-state index in [1.54, 1.807) is 0 Å². The van der Waals surface area contributed by atoms with E-state index in [2.05, 4.69) is 54.9 Å². The van der Waals surface area contributed by atoms with Gasteiger partial charge in [-0.05, 0) is 48.8 Å². The second-order valence-corrected chi connectivity index (χ2v) is 8.32. The van der Waals surface area contributed by atoms with E-state index in [0.717, 1.165) is 42.4 Å². The highest BCUT2D eigenvalue weighted by atomic mass is 79.9. The summed E-state index contributed by atoms with van der Waals surface area (Å²) in [5.41, 5.74) is 2.48. The van der Waals surface area contributed by atoms with E-state index in [9.17, 15) is 4.79 Å². The lowest BCUT2D eigenvalue weighted by molar-refractivity contribution is -0.127. The molecule has 2 aliphatic heterocycles. The van der Waals surface area contributed by atoms with Crippen molar-refractivity contribution in [3.8, 4) is 0 Å². The molecule has 2 atom stereocenters. The van der Waals surface area contributed by atoms with Crippen molar-refractivity contribution in [3.05, 3.63) is 28.2 Å². The number of rotatable bonds is 2. The second kappa shape index (κ2) is 6.56. The summed E-state index contributed by atoms with van der Waals surface area (Å²) in [5.74, 6) is 0.378. The Morgan fingerprint density at radius 2 is 2.22 bits per heavy atom. The molecule has 3 nitrogen and oxygen atoms in total. The fraction of sp³-hybridized carbons (Fsp3) is 0.632. The highest BCUT2D eigenvalue weighted by Gasteiger charge is 2.37. The minimum atomic E-state index is 0.0988. The van der Waals surface area contributed by atoms with Gasteiger partial charge in [-0.2, -0.15) is 0 Å². The monoisotopic (exact) mass is 379 g/mol. The van der Waals surface area contributed by atoms with Crippen LogP contribution in [0.25, 0.3) is 0 Å². The Kier molecular flexibility index (Phi) is 4.84. The number of carbonyl (C=O) groups excluding carboxylic acids is 1. The van der Waals surface area contributed by atoms with Crippen LogP contribution in [0.15, 0.2) is 22.7 Å². The van der Waals surface area contributed by atoms with Crippen LogP contribution in [-0.2, 0) is 14.9 Å². The van der Waals surface area contributed by atoms with Gasteiger partial charge in [0.2, 0.25) is 5.91 Å². The van der Waals surface area contributed by atoms with Gasteiger partial charge in [-0.15, -0.1) is 0 Å². The van der Waals surface area contributed by atoms with Crippen LogP contribution in [0.4, 0.5) is 5.69 Å². The Balaban J connectivity index is 1.89. The summed E-state index contributed by atoms with van der Waals surface area (Å²) in [6, 6.07) is 6.35. The Hall–Kier alpha value is -0.870. The lowest BCUT2D eigenvalue weighted by atomic mass is 9.77. The number of nitrogens with zero attached hydrogens (tertiary/aromatic N) is 1. The van der Waals surface area contributed by atoms with Gasteiger partial charge in [0.1, 0.15) is 0 Å². The maximum absolute atomic E-state index is 13.2. The molecular formula is C19H26BrNO2. The average molecular weight is 380 g/mol. The first-order valence-corrected chi connectivity index (χ1v) is 9.44. The molecule has 1 fully saturated rings. The van der Waals surface area contributed by atoms with Gasteiger partial charge in [0.05, 0.1) is 6.10 Å². The molecule has 0 spiro atoms. The maximum Gasteiger partial charge on any atom is 0.230 e. The van der Waals surface area contributed by atoms with Crippen molar-refractivity contribution < 1.29 is 9.53 Å². The molecule has 0 saturated carbocycles. The summed E-state index contributed by atoms with van der Waals surface area (Å²) < 4.78 is 6.77. The molecule has 0 aliphatic carbocycles. The fourth-order valence-corrected chi connectivity index (χ4v) is 4.13. The highest BCUT2D eigenvalue weighted by Crippen LogP contribution is 2.42. The molecule has 1 aromatic rings. The number of hydrogen-bond acceptors (Lipinski definition) is 2. The number of ether oxygens (including phenoxy) is 1. The zero-order valence-electron chi connectivity index (χ0n) is 14.3. The van der Waals surface area contributed by atoms with Crippen LogP contribution in [-0.4, -0.2) is 25.2 Å². The van der Waals surface area contributed by atoms with Gasteiger partial charge in [0, 0.05) is 29.2 Å². The SMILES string of the molecule is CC[C@@H]1C[C@@H](C(=O)N2CCC(C)(C)c3ccc(Br)cc32)CCO1.